The van der Waals surface area contributed by atoms with Crippen LogP contribution >= 0.6 is 11.9 Å². The maximum atomic E-state index is 2.29. The molecule has 80 valence electrons. The Morgan fingerprint density at radius 2 is 2.07 bits per heavy atom. The van der Waals surface area contributed by atoms with Gasteiger partial charge < -0.3 is 0 Å². The standard InChI is InChI=1S/C13H17NS/c1-3-6-11(2)15-14-10-9-12-7-4-5-8-13(12)14/h4-5,7-11H,3,6H2,1-2H3. The molecule has 1 aromatic carbocycles. The monoisotopic (exact) mass is 219 g/mol. The van der Waals surface area contributed by atoms with Gasteiger partial charge in [0.05, 0.1) is 5.52 Å². The van der Waals surface area contributed by atoms with Gasteiger partial charge in [0.2, 0.25) is 0 Å². The zero-order valence-electron chi connectivity index (χ0n) is 9.31. The van der Waals surface area contributed by atoms with E-state index < -0.39 is 0 Å². The van der Waals surface area contributed by atoms with E-state index in [9.17, 15) is 0 Å². The lowest BCUT2D eigenvalue weighted by atomic mass is 10.3. The van der Waals surface area contributed by atoms with Crippen molar-refractivity contribution in [2.24, 2.45) is 0 Å². The predicted octanol–water partition coefficient (Wildman–Crippen LogP) is 4.33. The highest BCUT2D eigenvalue weighted by Gasteiger charge is 2.05. The molecular weight excluding hydrogens is 202 g/mol. The number of nitrogens with zero attached hydrogens (tertiary/aromatic N) is 1. The molecule has 0 saturated carbocycles. The van der Waals surface area contributed by atoms with Crippen LogP contribution in [0.25, 0.3) is 10.9 Å². The van der Waals surface area contributed by atoms with Gasteiger partial charge in [0, 0.05) is 16.8 Å². The Morgan fingerprint density at radius 3 is 2.87 bits per heavy atom. The normalized spacial score (nSPS) is 13.2. The number of rotatable bonds is 4. The first-order valence-electron chi connectivity index (χ1n) is 5.54. The fraction of sp³-hybridized carbons (Fsp3) is 0.385. The minimum atomic E-state index is 0.686. The molecule has 0 saturated heterocycles. The molecule has 1 unspecified atom stereocenters. The van der Waals surface area contributed by atoms with Gasteiger partial charge in [-0.05, 0) is 30.5 Å². The lowest BCUT2D eigenvalue weighted by Crippen LogP contribution is -1.98. The van der Waals surface area contributed by atoms with E-state index in [1.807, 2.05) is 11.9 Å². The first-order valence-corrected chi connectivity index (χ1v) is 6.38. The second-order valence-corrected chi connectivity index (χ2v) is 5.31. The third-order valence-electron chi connectivity index (χ3n) is 2.55. The molecule has 0 N–H and O–H groups in total. The third kappa shape index (κ3) is 2.37. The quantitative estimate of drug-likeness (QED) is 0.741. The van der Waals surface area contributed by atoms with E-state index in [1.165, 1.54) is 23.7 Å². The molecule has 0 fully saturated rings. The van der Waals surface area contributed by atoms with Crippen molar-refractivity contribution in [3.63, 3.8) is 0 Å². The Bertz CT molecular complexity index is 433. The molecule has 0 radical (unpaired) electrons. The Hall–Kier alpha value is -0.890. The van der Waals surface area contributed by atoms with Crippen molar-refractivity contribution in [1.82, 2.24) is 3.97 Å². The number of hydrogen-bond acceptors (Lipinski definition) is 1. The van der Waals surface area contributed by atoms with Crippen molar-refractivity contribution in [3.05, 3.63) is 36.5 Å². The summed E-state index contributed by atoms with van der Waals surface area (Å²) in [6.45, 7) is 4.54. The fourth-order valence-corrected chi connectivity index (χ4v) is 2.94. The van der Waals surface area contributed by atoms with Crippen molar-refractivity contribution in [3.8, 4) is 0 Å². The SMILES string of the molecule is CCCC(C)Sn1ccc2ccccc21. The van der Waals surface area contributed by atoms with Crippen LogP contribution in [0.5, 0.6) is 0 Å². The van der Waals surface area contributed by atoms with Crippen LogP contribution in [-0.2, 0) is 0 Å². The molecule has 1 nitrogen and oxygen atoms in total. The van der Waals surface area contributed by atoms with E-state index in [0.29, 0.717) is 5.25 Å². The molecule has 0 bridgehead atoms. The molecule has 2 heteroatoms. The first kappa shape index (κ1) is 10.6. The second-order valence-electron chi connectivity index (χ2n) is 3.91. The summed E-state index contributed by atoms with van der Waals surface area (Å²) in [5, 5.41) is 2.01. The average molecular weight is 219 g/mol. The lowest BCUT2D eigenvalue weighted by molar-refractivity contribution is 0.785. The van der Waals surface area contributed by atoms with Crippen molar-refractivity contribution in [2.75, 3.05) is 0 Å². The van der Waals surface area contributed by atoms with Crippen LogP contribution in [0.3, 0.4) is 0 Å². The van der Waals surface area contributed by atoms with Crippen LogP contribution in [0.4, 0.5) is 0 Å². The van der Waals surface area contributed by atoms with Crippen molar-refractivity contribution >= 4 is 22.9 Å². The van der Waals surface area contributed by atoms with Crippen LogP contribution in [0.15, 0.2) is 36.5 Å². The summed E-state index contributed by atoms with van der Waals surface area (Å²) in [5.74, 6) is 0. The Morgan fingerprint density at radius 1 is 1.27 bits per heavy atom. The van der Waals surface area contributed by atoms with Gasteiger partial charge in [0.1, 0.15) is 0 Å². The molecular formula is C13H17NS. The van der Waals surface area contributed by atoms with Crippen LogP contribution < -0.4 is 0 Å². The highest BCUT2D eigenvalue weighted by molar-refractivity contribution is 7.98. The molecule has 15 heavy (non-hydrogen) atoms. The maximum absolute atomic E-state index is 2.29. The topological polar surface area (TPSA) is 4.93 Å². The molecule has 1 atom stereocenters. The fourth-order valence-electron chi connectivity index (χ4n) is 1.80. The minimum Gasteiger partial charge on any atom is -0.291 e. The molecule has 0 amide bonds. The predicted molar refractivity (Wildman–Crippen MR) is 69.3 cm³/mol. The molecule has 2 aromatic rings. The van der Waals surface area contributed by atoms with Gasteiger partial charge in [-0.15, -0.1) is 0 Å². The zero-order valence-corrected chi connectivity index (χ0v) is 10.1. The van der Waals surface area contributed by atoms with Gasteiger partial charge in [-0.2, -0.15) is 0 Å². The van der Waals surface area contributed by atoms with E-state index in [4.69, 9.17) is 0 Å². The number of para-hydroxylation sites is 1. The summed E-state index contributed by atoms with van der Waals surface area (Å²) in [7, 11) is 0. The van der Waals surface area contributed by atoms with Gasteiger partial charge in [0.15, 0.2) is 0 Å². The summed E-state index contributed by atoms with van der Waals surface area (Å²) in [5.41, 5.74) is 1.32. The third-order valence-corrected chi connectivity index (χ3v) is 3.69. The molecule has 1 heterocycles. The number of aromatic nitrogens is 1. The number of fused-ring (bicyclic) bond motifs is 1. The Kier molecular flexibility index (Phi) is 3.37. The van der Waals surface area contributed by atoms with E-state index in [1.54, 1.807) is 0 Å². The summed E-state index contributed by atoms with van der Waals surface area (Å²) in [6.07, 6.45) is 4.70. The van der Waals surface area contributed by atoms with Gasteiger partial charge in [-0.1, -0.05) is 38.5 Å². The number of hydrogen-bond donors (Lipinski definition) is 0. The van der Waals surface area contributed by atoms with Gasteiger partial charge >= 0.3 is 0 Å². The van der Waals surface area contributed by atoms with Gasteiger partial charge in [0.25, 0.3) is 0 Å². The summed E-state index contributed by atoms with van der Waals surface area (Å²) in [6, 6.07) is 10.7. The van der Waals surface area contributed by atoms with E-state index in [0.717, 1.165) is 0 Å². The molecule has 1 aromatic heterocycles. The van der Waals surface area contributed by atoms with Gasteiger partial charge in [-0.3, -0.25) is 3.97 Å². The summed E-state index contributed by atoms with van der Waals surface area (Å²) >= 11 is 1.92. The summed E-state index contributed by atoms with van der Waals surface area (Å²) in [4.78, 5) is 0. The van der Waals surface area contributed by atoms with E-state index >= 15 is 0 Å². The van der Waals surface area contributed by atoms with Crippen LogP contribution in [0.1, 0.15) is 26.7 Å². The Labute approximate surface area is 95.6 Å². The molecule has 0 aliphatic heterocycles. The highest BCUT2D eigenvalue weighted by Crippen LogP contribution is 2.25. The second kappa shape index (κ2) is 4.75. The lowest BCUT2D eigenvalue weighted by Gasteiger charge is -2.10. The molecule has 2 rings (SSSR count). The number of benzene rings is 1. The molecule has 0 aliphatic rings. The van der Waals surface area contributed by atoms with Gasteiger partial charge in [-0.25, -0.2) is 0 Å². The first-order chi connectivity index (χ1) is 7.31. The largest absolute Gasteiger partial charge is 0.291 e. The average Bonchev–Trinajstić information content (AvgIpc) is 2.62. The van der Waals surface area contributed by atoms with Crippen molar-refractivity contribution in [2.45, 2.75) is 31.9 Å². The minimum absolute atomic E-state index is 0.686. The smallest absolute Gasteiger partial charge is 0.0591 e. The zero-order chi connectivity index (χ0) is 10.7. The maximum Gasteiger partial charge on any atom is 0.0591 e. The Balaban J connectivity index is 2.21. The van der Waals surface area contributed by atoms with Crippen molar-refractivity contribution < 1.29 is 0 Å². The van der Waals surface area contributed by atoms with Crippen LogP contribution in [0, 0.1) is 0 Å². The van der Waals surface area contributed by atoms with Crippen molar-refractivity contribution in [1.29, 1.82) is 0 Å². The van der Waals surface area contributed by atoms with Crippen LogP contribution in [0.2, 0.25) is 0 Å². The highest BCUT2D eigenvalue weighted by atomic mass is 32.2. The summed E-state index contributed by atoms with van der Waals surface area (Å²) < 4.78 is 2.29. The molecule has 0 aliphatic carbocycles. The molecule has 0 spiro atoms. The van der Waals surface area contributed by atoms with E-state index in [2.05, 4.69) is 54.3 Å². The van der Waals surface area contributed by atoms with Crippen LogP contribution in [-0.4, -0.2) is 9.22 Å². The van der Waals surface area contributed by atoms with E-state index in [-0.39, 0.29) is 0 Å².